The Morgan fingerprint density at radius 1 is 1.08 bits per heavy atom. The second kappa shape index (κ2) is 6.87. The Morgan fingerprint density at radius 2 is 1.62 bits per heavy atom. The molecular weight excluding hydrogens is 371 g/mol. The normalized spacial score (nSPS) is 25.1. The highest BCUT2D eigenvalue weighted by atomic mass is 28.4. The quantitative estimate of drug-likeness (QED) is 0.465. The van der Waals surface area contributed by atoms with Crippen LogP contribution < -0.4 is 5.19 Å². The molecule has 0 saturated heterocycles. The van der Waals surface area contributed by atoms with E-state index >= 15 is 4.11 Å². The number of hydrogen-bond acceptors (Lipinski definition) is 2. The largest absolute Gasteiger partial charge is 0.406 e. The first-order valence-corrected chi connectivity index (χ1v) is 18.6. The van der Waals surface area contributed by atoms with Crippen LogP contribution in [-0.4, -0.2) is 35.6 Å². The van der Waals surface area contributed by atoms with Gasteiger partial charge in [0.1, 0.15) is 0 Å². The molecule has 1 aliphatic heterocycles. The molecule has 0 bridgehead atoms. The van der Waals surface area contributed by atoms with Crippen LogP contribution in [0.25, 0.3) is 0 Å². The van der Waals surface area contributed by atoms with Gasteiger partial charge in [0.2, 0.25) is 0 Å². The molecule has 0 aromatic heterocycles. The zero-order valence-electron chi connectivity index (χ0n) is 17.9. The van der Waals surface area contributed by atoms with E-state index in [2.05, 4.69) is 65.8 Å². The van der Waals surface area contributed by atoms with Gasteiger partial charge in [0, 0.05) is 22.5 Å². The Hall–Kier alpha value is -0.989. The van der Waals surface area contributed by atoms with Crippen LogP contribution in [0.4, 0.5) is 4.11 Å². The van der Waals surface area contributed by atoms with Gasteiger partial charge in [-0.3, -0.25) is 8.78 Å². The van der Waals surface area contributed by atoms with Gasteiger partial charge < -0.3 is 0 Å². The fourth-order valence-electron chi connectivity index (χ4n) is 3.46. The molecule has 144 valence electrons. The van der Waals surface area contributed by atoms with E-state index in [0.29, 0.717) is 0 Å². The van der Waals surface area contributed by atoms with Gasteiger partial charge in [-0.25, -0.2) is 0 Å². The van der Waals surface area contributed by atoms with Crippen LogP contribution in [0.3, 0.4) is 0 Å². The molecule has 0 aliphatic carbocycles. The molecule has 0 spiro atoms. The molecule has 0 amide bonds. The molecule has 26 heavy (non-hydrogen) atoms. The van der Waals surface area contributed by atoms with Gasteiger partial charge in [-0.15, -0.1) is 0 Å². The topological polar surface area (TPSA) is 15.6 Å². The van der Waals surface area contributed by atoms with Crippen LogP contribution in [0.1, 0.15) is 20.8 Å². The third-order valence-corrected chi connectivity index (χ3v) is 14.7. The molecule has 0 fully saturated rings. The molecule has 2 nitrogen and oxygen atoms in total. The molecule has 1 aromatic rings. The van der Waals surface area contributed by atoms with Crippen molar-refractivity contribution < 1.29 is 4.11 Å². The zero-order valence-corrected chi connectivity index (χ0v) is 20.9. The first-order chi connectivity index (χ1) is 11.7. The van der Waals surface area contributed by atoms with Crippen molar-refractivity contribution in [1.29, 1.82) is 0 Å². The molecule has 2 unspecified atom stereocenters. The predicted molar refractivity (Wildman–Crippen MR) is 121 cm³/mol. The highest BCUT2D eigenvalue weighted by molar-refractivity contribution is 7.03. The molecule has 0 radical (unpaired) electrons. The smallest absolute Gasteiger partial charge is 0.276 e. The monoisotopic (exact) mass is 406 g/mol. The summed E-state index contributed by atoms with van der Waals surface area (Å²) < 4.78 is 19.0. The fraction of sp³-hybridized carbons (Fsp3) is 0.550. The summed E-state index contributed by atoms with van der Waals surface area (Å²) in [6, 6.07) is 9.82. The van der Waals surface area contributed by atoms with E-state index in [4.69, 9.17) is 5.10 Å². The number of hydrogen-bond donors (Lipinski definition) is 0. The summed E-state index contributed by atoms with van der Waals surface area (Å²) in [4.78, 5) is 0. The number of rotatable bonds is 4. The lowest BCUT2D eigenvalue weighted by atomic mass is 9.93. The third-order valence-electron chi connectivity index (χ3n) is 4.73. The van der Waals surface area contributed by atoms with E-state index in [9.17, 15) is 0 Å². The molecule has 2 atom stereocenters. The lowest BCUT2D eigenvalue weighted by molar-refractivity contribution is 0.364. The third kappa shape index (κ3) is 4.28. The van der Waals surface area contributed by atoms with Crippen LogP contribution in [0.5, 0.6) is 0 Å². The zero-order chi connectivity index (χ0) is 20.0. The van der Waals surface area contributed by atoms with Crippen molar-refractivity contribution in [3.8, 4) is 0 Å². The van der Waals surface area contributed by atoms with Crippen molar-refractivity contribution in [1.82, 2.24) is 4.67 Å². The summed E-state index contributed by atoms with van der Waals surface area (Å²) in [6.45, 7) is 20.2. The summed E-state index contributed by atoms with van der Waals surface area (Å²) in [7, 11) is -6.81. The van der Waals surface area contributed by atoms with Crippen molar-refractivity contribution >= 4 is 36.1 Å². The van der Waals surface area contributed by atoms with Crippen LogP contribution in [0.15, 0.2) is 46.8 Å². The Bertz CT molecular complexity index is 696. The van der Waals surface area contributed by atoms with E-state index < -0.39 is 24.7 Å². The van der Waals surface area contributed by atoms with Crippen LogP contribution in [0.2, 0.25) is 44.4 Å². The van der Waals surface area contributed by atoms with Gasteiger partial charge in [-0.05, 0) is 5.19 Å². The number of allylic oxidation sites excluding steroid dienone is 1. The van der Waals surface area contributed by atoms with Crippen LogP contribution in [-0.2, 0) is 0 Å². The van der Waals surface area contributed by atoms with Gasteiger partial charge in [-0.1, -0.05) is 96.1 Å². The minimum Gasteiger partial charge on any atom is -0.276 e. The molecular formula is C20H35FN2Si3. The van der Waals surface area contributed by atoms with Crippen LogP contribution >= 0.6 is 0 Å². The van der Waals surface area contributed by atoms with Crippen LogP contribution in [0, 0.1) is 5.41 Å². The standard InChI is InChI=1S/C20H35FN2Si3/c1-20(2,3)18(16-24(4,5)6)23-22-15-19(25(7,8)9)26(23,21)17-13-11-10-12-14-17/h10-16,19H,1-9H3/b18-16-. The Kier molecular flexibility index (Phi) is 5.63. The van der Waals surface area contributed by atoms with E-state index in [1.54, 1.807) is 0 Å². The van der Waals surface area contributed by atoms with Gasteiger partial charge in [0.25, 0.3) is 0 Å². The van der Waals surface area contributed by atoms with E-state index in [1.165, 1.54) is 0 Å². The second-order valence-electron chi connectivity index (χ2n) is 10.6. The number of benzene rings is 1. The molecule has 1 aliphatic rings. The molecule has 0 saturated carbocycles. The summed E-state index contributed by atoms with van der Waals surface area (Å²) in [5, 5.41) is 5.54. The van der Waals surface area contributed by atoms with Gasteiger partial charge in [-0.2, -0.15) is 5.10 Å². The lowest BCUT2D eigenvalue weighted by Crippen LogP contribution is -2.62. The average Bonchev–Trinajstić information content (AvgIpc) is 2.82. The molecule has 1 aromatic carbocycles. The van der Waals surface area contributed by atoms with Gasteiger partial charge >= 0.3 is 8.57 Å². The summed E-state index contributed by atoms with van der Waals surface area (Å²) in [6.07, 6.45) is 1.94. The number of hydrazone groups is 1. The summed E-state index contributed by atoms with van der Waals surface area (Å²) in [5.74, 6) is 0. The van der Waals surface area contributed by atoms with Crippen molar-refractivity contribution in [3.63, 3.8) is 0 Å². The highest BCUT2D eigenvalue weighted by Crippen LogP contribution is 2.44. The predicted octanol–water partition coefficient (Wildman–Crippen LogP) is 5.66. The molecule has 6 heteroatoms. The Labute approximate surface area is 162 Å². The first kappa shape index (κ1) is 21.3. The van der Waals surface area contributed by atoms with Crippen molar-refractivity contribution in [2.24, 2.45) is 10.5 Å². The van der Waals surface area contributed by atoms with Gasteiger partial charge in [0.05, 0.1) is 16.1 Å². The first-order valence-electron chi connectivity index (χ1n) is 9.49. The maximum atomic E-state index is 17.2. The highest BCUT2D eigenvalue weighted by Gasteiger charge is 2.60. The Balaban J connectivity index is 2.70. The maximum absolute atomic E-state index is 17.2. The molecule has 2 rings (SSSR count). The lowest BCUT2D eigenvalue weighted by Gasteiger charge is -2.41. The van der Waals surface area contributed by atoms with Crippen molar-refractivity contribution in [2.75, 3.05) is 0 Å². The molecule has 1 heterocycles. The van der Waals surface area contributed by atoms with Gasteiger partial charge in [0.15, 0.2) is 0 Å². The van der Waals surface area contributed by atoms with Crippen molar-refractivity contribution in [3.05, 3.63) is 41.7 Å². The maximum Gasteiger partial charge on any atom is 0.406 e. The van der Waals surface area contributed by atoms with E-state index in [-0.39, 0.29) is 10.6 Å². The fourth-order valence-corrected chi connectivity index (χ4v) is 13.7. The second-order valence-corrected chi connectivity index (χ2v) is 24.5. The number of nitrogens with zero attached hydrogens (tertiary/aromatic N) is 2. The molecule has 0 N–H and O–H groups in total. The minimum atomic E-state index is -3.50. The summed E-state index contributed by atoms with van der Waals surface area (Å²) in [5.41, 5.74) is 3.26. The minimum absolute atomic E-state index is 0.0511. The summed E-state index contributed by atoms with van der Waals surface area (Å²) >= 11 is 0. The van der Waals surface area contributed by atoms with Crippen molar-refractivity contribution in [2.45, 2.75) is 65.2 Å². The van der Waals surface area contributed by atoms with E-state index in [1.807, 2.05) is 41.2 Å². The SMILES string of the molecule is CC(C)(C)/C(=C/[Si](C)(C)C)N1N=CC([Si](C)(C)C)[Si]1(F)c1ccccc1. The Morgan fingerprint density at radius 3 is 2.04 bits per heavy atom. The number of halogens is 1. The van der Waals surface area contributed by atoms with E-state index in [0.717, 1.165) is 10.9 Å². The average molecular weight is 407 g/mol.